The summed E-state index contributed by atoms with van der Waals surface area (Å²) < 4.78 is 27.9. The highest BCUT2D eigenvalue weighted by Gasteiger charge is 2.25. The Bertz CT molecular complexity index is 1180. The number of benzene rings is 2. The van der Waals surface area contributed by atoms with Crippen molar-refractivity contribution >= 4 is 44.1 Å². The molecule has 1 N–H and O–H groups in total. The third kappa shape index (κ3) is 3.06. The van der Waals surface area contributed by atoms with Gasteiger partial charge >= 0.3 is 0 Å². The predicted octanol–water partition coefficient (Wildman–Crippen LogP) is 2.47. The SMILES string of the molecule is O=C1C=CC(=O)N1c1ccc(S(=O)(=O)Nc2cccc3cccnc23)cc1. The number of anilines is 2. The second-order valence-electron chi connectivity index (χ2n) is 5.83. The lowest BCUT2D eigenvalue weighted by molar-refractivity contribution is -0.119. The van der Waals surface area contributed by atoms with Gasteiger partial charge in [-0.15, -0.1) is 0 Å². The van der Waals surface area contributed by atoms with Crippen LogP contribution in [0.4, 0.5) is 11.4 Å². The van der Waals surface area contributed by atoms with E-state index >= 15 is 0 Å². The van der Waals surface area contributed by atoms with Crippen molar-refractivity contribution in [3.8, 4) is 0 Å². The molecule has 0 radical (unpaired) electrons. The number of imide groups is 1. The average molecular weight is 379 g/mol. The Balaban J connectivity index is 1.64. The van der Waals surface area contributed by atoms with Gasteiger partial charge in [-0.2, -0.15) is 0 Å². The number of para-hydroxylation sites is 1. The van der Waals surface area contributed by atoms with Crippen LogP contribution >= 0.6 is 0 Å². The van der Waals surface area contributed by atoms with Gasteiger partial charge in [0.15, 0.2) is 0 Å². The van der Waals surface area contributed by atoms with E-state index in [-0.39, 0.29) is 4.90 Å². The number of fused-ring (bicyclic) bond motifs is 1. The van der Waals surface area contributed by atoms with Crippen molar-refractivity contribution < 1.29 is 18.0 Å². The average Bonchev–Trinajstić information content (AvgIpc) is 3.00. The molecule has 2 amide bonds. The van der Waals surface area contributed by atoms with Crippen LogP contribution in [0, 0.1) is 0 Å². The van der Waals surface area contributed by atoms with Crippen LogP contribution in [-0.2, 0) is 19.6 Å². The first kappa shape index (κ1) is 16.9. The van der Waals surface area contributed by atoms with Crippen molar-refractivity contribution in [1.82, 2.24) is 4.98 Å². The molecule has 134 valence electrons. The fraction of sp³-hybridized carbons (Fsp3) is 0. The van der Waals surface area contributed by atoms with Crippen molar-refractivity contribution in [2.24, 2.45) is 0 Å². The number of amides is 2. The van der Waals surface area contributed by atoms with Gasteiger partial charge in [0.05, 0.1) is 21.8 Å². The van der Waals surface area contributed by atoms with E-state index in [1.807, 2.05) is 12.1 Å². The third-order valence-corrected chi connectivity index (χ3v) is 5.47. The van der Waals surface area contributed by atoms with Crippen molar-refractivity contribution in [3.05, 3.63) is 72.9 Å². The van der Waals surface area contributed by atoms with Gasteiger partial charge in [0.25, 0.3) is 21.8 Å². The maximum absolute atomic E-state index is 12.7. The molecule has 7 nitrogen and oxygen atoms in total. The van der Waals surface area contributed by atoms with Gasteiger partial charge in [-0.3, -0.25) is 19.3 Å². The summed E-state index contributed by atoms with van der Waals surface area (Å²) in [6.45, 7) is 0. The topological polar surface area (TPSA) is 96.4 Å². The van der Waals surface area contributed by atoms with Gasteiger partial charge in [-0.05, 0) is 36.4 Å². The van der Waals surface area contributed by atoms with E-state index in [1.165, 1.54) is 36.4 Å². The maximum Gasteiger partial charge on any atom is 0.261 e. The van der Waals surface area contributed by atoms with E-state index in [9.17, 15) is 18.0 Å². The number of nitrogens with zero attached hydrogens (tertiary/aromatic N) is 2. The van der Waals surface area contributed by atoms with E-state index in [0.717, 1.165) is 10.3 Å². The number of pyridine rings is 1. The Morgan fingerprint density at radius 2 is 1.52 bits per heavy atom. The number of aromatic nitrogens is 1. The minimum Gasteiger partial charge on any atom is -0.277 e. The summed E-state index contributed by atoms with van der Waals surface area (Å²) in [5.74, 6) is -0.925. The monoisotopic (exact) mass is 379 g/mol. The number of carbonyl (C=O) groups is 2. The van der Waals surface area contributed by atoms with Crippen LogP contribution in [0.15, 0.2) is 77.8 Å². The summed E-state index contributed by atoms with van der Waals surface area (Å²) >= 11 is 0. The fourth-order valence-electron chi connectivity index (χ4n) is 2.82. The zero-order chi connectivity index (χ0) is 19.0. The molecule has 0 saturated heterocycles. The van der Waals surface area contributed by atoms with Gasteiger partial charge in [0.2, 0.25) is 0 Å². The number of hydrogen-bond donors (Lipinski definition) is 1. The largest absolute Gasteiger partial charge is 0.277 e. The van der Waals surface area contributed by atoms with Gasteiger partial charge in [-0.1, -0.05) is 18.2 Å². The van der Waals surface area contributed by atoms with Crippen LogP contribution in [0.3, 0.4) is 0 Å². The minimum absolute atomic E-state index is 0.00578. The molecule has 4 rings (SSSR count). The normalized spacial score (nSPS) is 14.1. The van der Waals surface area contributed by atoms with Gasteiger partial charge in [0.1, 0.15) is 0 Å². The standard InChI is InChI=1S/C19H13N3O4S/c23-17-10-11-18(24)22(17)14-6-8-15(9-7-14)27(25,26)21-16-5-1-3-13-4-2-12-20-19(13)16/h1-12,21H. The summed E-state index contributed by atoms with van der Waals surface area (Å²) in [4.78, 5) is 28.6. The van der Waals surface area contributed by atoms with Crippen molar-refractivity contribution in [2.45, 2.75) is 4.90 Å². The number of sulfonamides is 1. The highest BCUT2D eigenvalue weighted by Crippen LogP contribution is 2.25. The van der Waals surface area contributed by atoms with Crippen molar-refractivity contribution in [3.63, 3.8) is 0 Å². The minimum atomic E-state index is -3.87. The molecular formula is C19H13N3O4S. The zero-order valence-corrected chi connectivity index (χ0v) is 14.7. The lowest BCUT2D eigenvalue weighted by atomic mass is 10.2. The fourth-order valence-corrected chi connectivity index (χ4v) is 3.89. The number of carbonyl (C=O) groups excluding carboxylic acids is 2. The third-order valence-electron chi connectivity index (χ3n) is 4.09. The molecule has 0 aliphatic carbocycles. The maximum atomic E-state index is 12.7. The van der Waals surface area contributed by atoms with Gasteiger partial charge in [0, 0.05) is 23.7 Å². The Morgan fingerprint density at radius 1 is 0.852 bits per heavy atom. The lowest BCUT2D eigenvalue weighted by Crippen LogP contribution is -2.29. The van der Waals surface area contributed by atoms with Crippen LogP contribution in [0.1, 0.15) is 0 Å². The van der Waals surface area contributed by atoms with E-state index < -0.39 is 21.8 Å². The highest BCUT2D eigenvalue weighted by atomic mass is 32.2. The Labute approximate surface area is 155 Å². The van der Waals surface area contributed by atoms with Crippen molar-refractivity contribution in [1.29, 1.82) is 0 Å². The zero-order valence-electron chi connectivity index (χ0n) is 13.9. The van der Waals surface area contributed by atoms with Crippen molar-refractivity contribution in [2.75, 3.05) is 9.62 Å². The summed E-state index contributed by atoms with van der Waals surface area (Å²) in [5, 5.41) is 0.812. The van der Waals surface area contributed by atoms with E-state index in [2.05, 4.69) is 9.71 Å². The molecule has 1 aliphatic rings. The molecule has 2 aromatic carbocycles. The molecule has 1 aliphatic heterocycles. The van der Waals surface area contributed by atoms with E-state index in [1.54, 1.807) is 24.4 Å². The first-order valence-electron chi connectivity index (χ1n) is 7.98. The van der Waals surface area contributed by atoms with Gasteiger partial charge < -0.3 is 0 Å². The number of hydrogen-bond acceptors (Lipinski definition) is 5. The molecule has 0 unspecified atom stereocenters. The Kier molecular flexibility index (Phi) is 3.97. The first-order valence-corrected chi connectivity index (χ1v) is 9.47. The highest BCUT2D eigenvalue weighted by molar-refractivity contribution is 7.92. The van der Waals surface area contributed by atoms with Gasteiger partial charge in [-0.25, -0.2) is 13.3 Å². The number of rotatable bonds is 4. The molecule has 3 aromatic rings. The molecule has 1 aromatic heterocycles. The summed E-state index contributed by atoms with van der Waals surface area (Å²) in [5.41, 5.74) is 1.21. The molecule has 0 bridgehead atoms. The molecule has 27 heavy (non-hydrogen) atoms. The van der Waals surface area contributed by atoms with Crippen LogP contribution in [-0.4, -0.2) is 25.2 Å². The first-order chi connectivity index (χ1) is 13.0. The lowest BCUT2D eigenvalue weighted by Gasteiger charge is -2.15. The smallest absolute Gasteiger partial charge is 0.261 e. The second-order valence-corrected chi connectivity index (χ2v) is 7.51. The summed E-state index contributed by atoms with van der Waals surface area (Å²) in [6, 6.07) is 14.3. The van der Waals surface area contributed by atoms with Crippen LogP contribution < -0.4 is 9.62 Å². The van der Waals surface area contributed by atoms with Crippen LogP contribution in [0.25, 0.3) is 10.9 Å². The molecular weight excluding hydrogens is 366 g/mol. The Hall–Kier alpha value is -3.52. The molecule has 0 atom stereocenters. The summed E-state index contributed by atoms with van der Waals surface area (Å²) in [6.07, 6.45) is 3.93. The Morgan fingerprint density at radius 3 is 2.22 bits per heavy atom. The molecule has 8 heteroatoms. The quantitative estimate of drug-likeness (QED) is 0.703. The van der Waals surface area contributed by atoms with E-state index in [0.29, 0.717) is 16.9 Å². The van der Waals surface area contributed by atoms with Crippen LogP contribution in [0.5, 0.6) is 0 Å². The molecule has 0 saturated carbocycles. The van der Waals surface area contributed by atoms with E-state index in [4.69, 9.17) is 0 Å². The number of nitrogens with one attached hydrogen (secondary N) is 1. The predicted molar refractivity (Wildman–Crippen MR) is 101 cm³/mol. The molecule has 0 spiro atoms. The van der Waals surface area contributed by atoms with Crippen LogP contribution in [0.2, 0.25) is 0 Å². The second kappa shape index (κ2) is 6.33. The summed E-state index contributed by atoms with van der Waals surface area (Å²) in [7, 11) is -3.87. The molecule has 2 heterocycles. The molecule has 0 fully saturated rings.